The average molecular weight is 534 g/mol. The summed E-state index contributed by atoms with van der Waals surface area (Å²) in [6, 6.07) is 0. The highest BCUT2D eigenvalue weighted by atomic mass is 32.2. The van der Waals surface area contributed by atoms with E-state index >= 15 is 0 Å². The lowest BCUT2D eigenvalue weighted by atomic mass is 10.0. The first kappa shape index (κ1) is 25.8. The molecule has 35 heavy (non-hydrogen) atoms. The second-order valence-corrected chi connectivity index (χ2v) is 12.2. The maximum atomic E-state index is 12.8. The van der Waals surface area contributed by atoms with E-state index in [0.29, 0.717) is 16.3 Å². The third-order valence-corrected chi connectivity index (χ3v) is 8.09. The van der Waals surface area contributed by atoms with E-state index in [1.165, 1.54) is 11.3 Å². The minimum atomic E-state index is -4.50. The van der Waals surface area contributed by atoms with E-state index in [1.54, 1.807) is 6.92 Å². The molecule has 0 saturated heterocycles. The number of nitrogens with zero attached hydrogens (tertiary/aromatic N) is 3. The Balaban J connectivity index is 1.72. The van der Waals surface area contributed by atoms with E-state index in [0.717, 1.165) is 29.7 Å². The van der Waals surface area contributed by atoms with E-state index in [9.17, 15) is 31.8 Å². The number of halogens is 3. The molecule has 0 aliphatic heterocycles. The molecule has 2 heterocycles. The van der Waals surface area contributed by atoms with Gasteiger partial charge in [-0.25, -0.2) is 18.4 Å². The number of anilines is 2. The number of nitrogens with one attached hydrogen (secondary N) is 2. The molecule has 4 N–H and O–H groups in total. The number of aryl methyl sites for hydroxylation is 2. The van der Waals surface area contributed by atoms with Crippen LogP contribution in [-0.4, -0.2) is 70.1 Å². The SMILES string of the molecule is Cc1nc(NCC(F)(F)F)nc(NC2(O)CCC(CS(C)(=O)=O)C2O)c1-c1nc2c(s1)C=CCC2. The predicted octanol–water partition coefficient (Wildman–Crippen LogP) is 2.76. The topological polar surface area (TPSA) is 137 Å². The highest BCUT2D eigenvalue weighted by Crippen LogP contribution is 2.41. The number of sulfone groups is 1. The molecular formula is C21H26F3N5O4S2. The quantitative estimate of drug-likeness (QED) is 0.396. The summed E-state index contributed by atoms with van der Waals surface area (Å²) >= 11 is 1.36. The normalized spacial score (nSPS) is 24.4. The number of fused-ring (bicyclic) bond motifs is 1. The summed E-state index contributed by atoms with van der Waals surface area (Å²) in [4.78, 5) is 14.0. The maximum Gasteiger partial charge on any atom is 0.405 e. The van der Waals surface area contributed by atoms with Crippen LogP contribution in [0.2, 0.25) is 0 Å². The van der Waals surface area contributed by atoms with Crippen LogP contribution >= 0.6 is 11.3 Å². The second-order valence-electron chi connectivity index (χ2n) is 8.98. The van der Waals surface area contributed by atoms with Gasteiger partial charge < -0.3 is 20.8 Å². The van der Waals surface area contributed by atoms with Gasteiger partial charge in [0.05, 0.1) is 27.6 Å². The number of hydrogen-bond acceptors (Lipinski definition) is 10. The van der Waals surface area contributed by atoms with Crippen molar-refractivity contribution in [1.82, 2.24) is 15.0 Å². The molecule has 0 amide bonds. The van der Waals surface area contributed by atoms with Crippen LogP contribution in [0.1, 0.15) is 35.5 Å². The van der Waals surface area contributed by atoms with Gasteiger partial charge in [0.2, 0.25) is 5.95 Å². The van der Waals surface area contributed by atoms with Gasteiger partial charge in [0, 0.05) is 12.2 Å². The molecule has 2 aromatic heterocycles. The van der Waals surface area contributed by atoms with Gasteiger partial charge in [0.1, 0.15) is 33.3 Å². The van der Waals surface area contributed by atoms with E-state index in [2.05, 4.69) is 25.6 Å². The summed E-state index contributed by atoms with van der Waals surface area (Å²) in [7, 11) is -3.41. The highest BCUT2D eigenvalue weighted by molar-refractivity contribution is 7.90. The van der Waals surface area contributed by atoms with Gasteiger partial charge in [0.15, 0.2) is 5.72 Å². The zero-order chi connectivity index (χ0) is 25.6. The molecule has 9 nitrogen and oxygen atoms in total. The lowest BCUT2D eigenvalue weighted by Gasteiger charge is -2.31. The van der Waals surface area contributed by atoms with E-state index in [1.807, 2.05) is 12.2 Å². The molecule has 1 fully saturated rings. The van der Waals surface area contributed by atoms with Crippen molar-refractivity contribution in [2.75, 3.05) is 29.2 Å². The standard InChI is InChI=1S/C21H26F3N5O4S2/c1-11-15(18-27-13-5-3-4-6-14(13)34-18)17(28-19(26-11)25-10-21(22,23)24)29-20(31)8-7-12(16(20)30)9-35(2,32)33/h4,6,12,16,30-31H,3,5,7-10H2,1-2H3,(H2,25,26,28,29). The van der Waals surface area contributed by atoms with Crippen LogP contribution in [0, 0.1) is 12.8 Å². The minimum Gasteiger partial charge on any atom is -0.388 e. The Morgan fingerprint density at radius 1 is 1.29 bits per heavy atom. The number of alkyl halides is 3. The third kappa shape index (κ3) is 5.93. The Hall–Kier alpha value is -2.29. The zero-order valence-electron chi connectivity index (χ0n) is 19.1. The van der Waals surface area contributed by atoms with Gasteiger partial charge in [-0.2, -0.15) is 18.2 Å². The van der Waals surface area contributed by atoms with Gasteiger partial charge in [-0.15, -0.1) is 11.3 Å². The van der Waals surface area contributed by atoms with Crippen LogP contribution in [0.15, 0.2) is 6.08 Å². The molecule has 2 aliphatic carbocycles. The Bertz CT molecular complexity index is 1250. The van der Waals surface area contributed by atoms with Crippen LogP contribution in [0.3, 0.4) is 0 Å². The molecule has 2 aliphatic rings. The first-order valence-corrected chi connectivity index (χ1v) is 13.8. The maximum absolute atomic E-state index is 12.8. The molecule has 3 atom stereocenters. The average Bonchev–Trinajstić information content (AvgIpc) is 3.27. The fraction of sp³-hybridized carbons (Fsp3) is 0.571. The second kappa shape index (κ2) is 9.30. The van der Waals surface area contributed by atoms with Crippen molar-refractivity contribution in [3.8, 4) is 10.6 Å². The minimum absolute atomic E-state index is 0.00110. The molecule has 0 aromatic carbocycles. The fourth-order valence-electron chi connectivity index (χ4n) is 4.37. The molecule has 3 unspecified atom stereocenters. The first-order chi connectivity index (χ1) is 16.2. The molecule has 14 heteroatoms. The summed E-state index contributed by atoms with van der Waals surface area (Å²) in [5.74, 6) is -1.33. The lowest BCUT2D eigenvalue weighted by molar-refractivity contribution is -0.115. The molecule has 192 valence electrons. The number of rotatable bonds is 7. The number of allylic oxidation sites excluding steroid dienone is 1. The van der Waals surface area contributed by atoms with Crippen molar-refractivity contribution in [3.63, 3.8) is 0 Å². The summed E-state index contributed by atoms with van der Waals surface area (Å²) in [5, 5.41) is 27.4. The Morgan fingerprint density at radius 3 is 2.69 bits per heavy atom. The van der Waals surface area contributed by atoms with Crippen molar-refractivity contribution in [3.05, 3.63) is 22.3 Å². The molecular weight excluding hydrogens is 507 g/mol. The molecule has 1 saturated carbocycles. The lowest BCUT2D eigenvalue weighted by Crippen LogP contribution is -2.48. The van der Waals surface area contributed by atoms with E-state index < -0.39 is 40.3 Å². The highest BCUT2D eigenvalue weighted by Gasteiger charge is 2.48. The number of aliphatic hydroxyl groups is 2. The first-order valence-electron chi connectivity index (χ1n) is 11.0. The Kier molecular flexibility index (Phi) is 6.85. The van der Waals surface area contributed by atoms with Gasteiger partial charge in [-0.05, 0) is 38.7 Å². The van der Waals surface area contributed by atoms with Gasteiger partial charge in [-0.3, -0.25) is 0 Å². The van der Waals surface area contributed by atoms with Crippen LogP contribution in [0.5, 0.6) is 0 Å². The molecule has 0 spiro atoms. The van der Waals surface area contributed by atoms with Gasteiger partial charge in [-0.1, -0.05) is 6.08 Å². The number of aromatic nitrogens is 3. The number of hydrogen-bond donors (Lipinski definition) is 4. The monoisotopic (exact) mass is 533 g/mol. The summed E-state index contributed by atoms with van der Waals surface area (Å²) in [6.07, 6.45) is 0.905. The molecule has 4 rings (SSSR count). The molecule has 0 radical (unpaired) electrons. The van der Waals surface area contributed by atoms with Crippen molar-refractivity contribution in [1.29, 1.82) is 0 Å². The Labute approximate surface area is 204 Å². The van der Waals surface area contributed by atoms with Crippen LogP contribution in [0.4, 0.5) is 24.9 Å². The molecule has 0 bridgehead atoms. The predicted molar refractivity (Wildman–Crippen MR) is 127 cm³/mol. The summed E-state index contributed by atoms with van der Waals surface area (Å²) in [6.45, 7) is 0.240. The molecule has 2 aromatic rings. The largest absolute Gasteiger partial charge is 0.405 e. The summed E-state index contributed by atoms with van der Waals surface area (Å²) in [5.41, 5.74) is -0.346. The van der Waals surface area contributed by atoms with Crippen molar-refractivity contribution in [2.45, 2.75) is 50.6 Å². The van der Waals surface area contributed by atoms with Gasteiger partial charge in [0.25, 0.3) is 0 Å². The smallest absolute Gasteiger partial charge is 0.388 e. The number of aliphatic hydroxyl groups excluding tert-OH is 1. The van der Waals surface area contributed by atoms with Crippen molar-refractivity contribution in [2.24, 2.45) is 5.92 Å². The summed E-state index contributed by atoms with van der Waals surface area (Å²) < 4.78 is 61.8. The van der Waals surface area contributed by atoms with E-state index in [-0.39, 0.29) is 30.4 Å². The zero-order valence-corrected chi connectivity index (χ0v) is 20.7. The third-order valence-electron chi connectivity index (χ3n) is 5.98. The van der Waals surface area contributed by atoms with Crippen LogP contribution in [-0.2, 0) is 16.3 Å². The number of thiazole rings is 1. The van der Waals surface area contributed by atoms with Crippen molar-refractivity contribution >= 4 is 39.0 Å². The fourth-order valence-corrected chi connectivity index (χ4v) is 6.64. The van der Waals surface area contributed by atoms with Crippen LogP contribution < -0.4 is 10.6 Å². The van der Waals surface area contributed by atoms with Crippen molar-refractivity contribution < 1.29 is 31.8 Å². The van der Waals surface area contributed by atoms with Gasteiger partial charge >= 0.3 is 6.18 Å². The Morgan fingerprint density at radius 2 is 2.03 bits per heavy atom. The van der Waals surface area contributed by atoms with Crippen LogP contribution in [0.25, 0.3) is 16.6 Å². The van der Waals surface area contributed by atoms with E-state index in [4.69, 9.17) is 0 Å².